The number of rotatable bonds is 5. The van der Waals surface area contributed by atoms with Crippen LogP contribution in [0, 0.1) is 0 Å². The van der Waals surface area contributed by atoms with E-state index in [1.165, 1.54) is 0 Å². The van der Waals surface area contributed by atoms with E-state index in [-0.39, 0.29) is 5.78 Å². The van der Waals surface area contributed by atoms with Crippen LogP contribution < -0.4 is 0 Å². The van der Waals surface area contributed by atoms with Crippen molar-refractivity contribution in [3.8, 4) is 0 Å². The fourth-order valence-electron chi connectivity index (χ4n) is 0.855. The number of halogens is 1. The first-order valence-corrected chi connectivity index (χ1v) is 6.46. The molecule has 0 rings (SSSR count). The van der Waals surface area contributed by atoms with Crippen LogP contribution in [-0.4, -0.2) is 35.2 Å². The fourth-order valence-corrected chi connectivity index (χ4v) is 0.855. The van der Waals surface area contributed by atoms with Crippen molar-refractivity contribution in [2.75, 3.05) is 24.6 Å². The molecule has 0 saturated carbocycles. The molecule has 0 aliphatic heterocycles. The molecule has 0 aliphatic carbocycles. The maximum atomic E-state index is 10.6. The first-order valence-electron chi connectivity index (χ1n) is 4.30. The predicted molar refractivity (Wildman–Crippen MR) is 63.0 cm³/mol. The molecule has 0 heterocycles. The van der Waals surface area contributed by atoms with Gasteiger partial charge >= 0.3 is 0 Å². The molecule has 3 heteroatoms. The van der Waals surface area contributed by atoms with Gasteiger partial charge in [0.25, 0.3) is 0 Å². The topological polar surface area (TPSA) is 20.3 Å². The molecule has 0 saturated heterocycles. The highest BCUT2D eigenvalue weighted by molar-refractivity contribution is 14.1. The molecule has 0 fully saturated rings. The lowest BCUT2D eigenvalue weighted by Gasteiger charge is -2.16. The van der Waals surface area contributed by atoms with Gasteiger partial charge in [-0.3, -0.25) is 4.79 Å². The van der Waals surface area contributed by atoms with E-state index in [0.717, 1.165) is 19.6 Å². The van der Waals surface area contributed by atoms with Crippen LogP contribution in [0.25, 0.3) is 0 Å². The van der Waals surface area contributed by atoms with Crippen molar-refractivity contribution in [3.63, 3.8) is 0 Å². The van der Waals surface area contributed by atoms with E-state index in [0.29, 0.717) is 6.42 Å². The van der Waals surface area contributed by atoms with E-state index < -0.39 is 0 Å². The van der Waals surface area contributed by atoms with E-state index in [1.54, 1.807) is 6.92 Å². The van der Waals surface area contributed by atoms with Crippen molar-refractivity contribution >= 4 is 28.4 Å². The Hall–Kier alpha value is 0.360. The zero-order valence-electron chi connectivity index (χ0n) is 8.56. The molecule has 0 amide bonds. The maximum absolute atomic E-state index is 10.6. The fraction of sp³-hybridized carbons (Fsp3) is 0.889. The van der Waals surface area contributed by atoms with Crippen LogP contribution in [0.3, 0.4) is 0 Å². The average Bonchev–Trinajstić information content (AvgIpc) is 2.09. The molecule has 74 valence electrons. The Morgan fingerprint density at radius 3 is 1.92 bits per heavy atom. The van der Waals surface area contributed by atoms with Crippen LogP contribution in [-0.2, 0) is 4.79 Å². The molecule has 12 heavy (non-hydrogen) atoms. The van der Waals surface area contributed by atoms with Gasteiger partial charge < -0.3 is 4.90 Å². The van der Waals surface area contributed by atoms with Gasteiger partial charge in [-0.15, -0.1) is 0 Å². The number of nitrogens with zero attached hydrogens (tertiary/aromatic N) is 1. The van der Waals surface area contributed by atoms with Gasteiger partial charge in [0.1, 0.15) is 5.78 Å². The second-order valence-corrected chi connectivity index (χ2v) is 2.48. The Morgan fingerprint density at radius 1 is 1.25 bits per heavy atom. The van der Waals surface area contributed by atoms with Crippen molar-refractivity contribution in [1.29, 1.82) is 0 Å². The van der Waals surface area contributed by atoms with E-state index >= 15 is 0 Å². The molecule has 0 atom stereocenters. The van der Waals surface area contributed by atoms with Crippen LogP contribution in [0.4, 0.5) is 0 Å². The van der Waals surface area contributed by atoms with Crippen LogP contribution in [0.15, 0.2) is 0 Å². The summed E-state index contributed by atoms with van der Waals surface area (Å²) in [6.07, 6.45) is 0.696. The van der Waals surface area contributed by atoms with Gasteiger partial charge in [-0.1, -0.05) is 36.4 Å². The summed E-state index contributed by atoms with van der Waals surface area (Å²) in [4.78, 5) is 14.8. The second-order valence-electron chi connectivity index (χ2n) is 2.48. The zero-order valence-corrected chi connectivity index (χ0v) is 10.7. The van der Waals surface area contributed by atoms with Crippen molar-refractivity contribution < 1.29 is 4.79 Å². The average molecular weight is 285 g/mol. The molecule has 0 bridgehead atoms. The number of ketones is 1. The molecule has 0 unspecified atom stereocenters. The Morgan fingerprint density at radius 2 is 1.67 bits per heavy atom. The van der Waals surface area contributed by atoms with Gasteiger partial charge in [0, 0.05) is 13.0 Å². The first-order chi connectivity index (χ1) is 5.70. The molecular formula is C9H20INO. The normalized spacial score (nSPS) is 9.17. The largest absolute Gasteiger partial charge is 0.303 e. The molecule has 2 nitrogen and oxygen atoms in total. The lowest BCUT2D eigenvalue weighted by atomic mass is 10.3. The SMILES string of the molecule is CCN(CC)CCC(C)=O.CI. The molecule has 0 aliphatic rings. The van der Waals surface area contributed by atoms with Gasteiger partial charge in [-0.05, 0) is 24.9 Å². The smallest absolute Gasteiger partial charge is 0.131 e. The summed E-state index contributed by atoms with van der Waals surface area (Å²) in [5, 5.41) is 0. The first kappa shape index (κ1) is 14.9. The third-order valence-corrected chi connectivity index (χ3v) is 1.67. The quantitative estimate of drug-likeness (QED) is 0.571. The Balaban J connectivity index is 0. The second kappa shape index (κ2) is 11.4. The summed E-state index contributed by atoms with van der Waals surface area (Å²) in [5.41, 5.74) is 0. The molecule has 0 aromatic heterocycles. The van der Waals surface area contributed by atoms with Gasteiger partial charge in [-0.25, -0.2) is 0 Å². The van der Waals surface area contributed by atoms with Crippen LogP contribution in [0.1, 0.15) is 27.2 Å². The predicted octanol–water partition coefficient (Wildman–Crippen LogP) is 2.36. The standard InChI is InChI=1S/C8H17NO.CH3I/c1-4-9(5-2)7-6-8(3)10;1-2/h4-7H2,1-3H3;1H3. The molecule has 0 N–H and O–H groups in total. The molecular weight excluding hydrogens is 265 g/mol. The Labute approximate surface area is 89.8 Å². The summed E-state index contributed by atoms with van der Waals surface area (Å²) < 4.78 is 0. The van der Waals surface area contributed by atoms with Crippen molar-refractivity contribution in [2.24, 2.45) is 0 Å². The number of Topliss-reactive ketones (excluding diaryl/α,β-unsaturated/α-hetero) is 1. The summed E-state index contributed by atoms with van der Waals surface area (Å²) >= 11 is 2.15. The maximum Gasteiger partial charge on any atom is 0.131 e. The van der Waals surface area contributed by atoms with E-state index in [9.17, 15) is 4.79 Å². The number of hydrogen-bond acceptors (Lipinski definition) is 2. The zero-order chi connectivity index (χ0) is 9.98. The van der Waals surface area contributed by atoms with Crippen LogP contribution in [0.5, 0.6) is 0 Å². The summed E-state index contributed by atoms with van der Waals surface area (Å²) in [7, 11) is 0. The van der Waals surface area contributed by atoms with Crippen LogP contribution in [0.2, 0.25) is 0 Å². The number of hydrogen-bond donors (Lipinski definition) is 0. The highest BCUT2D eigenvalue weighted by Gasteiger charge is 1.99. The minimum Gasteiger partial charge on any atom is -0.303 e. The number of alkyl halides is 1. The Kier molecular flexibility index (Phi) is 14.1. The van der Waals surface area contributed by atoms with Gasteiger partial charge in [-0.2, -0.15) is 0 Å². The van der Waals surface area contributed by atoms with Crippen molar-refractivity contribution in [3.05, 3.63) is 0 Å². The number of carbonyl (C=O) groups is 1. The van der Waals surface area contributed by atoms with Gasteiger partial charge in [0.15, 0.2) is 0 Å². The molecule has 0 aromatic rings. The van der Waals surface area contributed by atoms with Gasteiger partial charge in [0.2, 0.25) is 0 Å². The highest BCUT2D eigenvalue weighted by Crippen LogP contribution is 1.90. The van der Waals surface area contributed by atoms with E-state index in [2.05, 4.69) is 41.3 Å². The lowest BCUT2D eigenvalue weighted by Crippen LogP contribution is -2.25. The van der Waals surface area contributed by atoms with Crippen molar-refractivity contribution in [1.82, 2.24) is 4.90 Å². The summed E-state index contributed by atoms with van der Waals surface area (Å²) in [6, 6.07) is 0. The number of carbonyl (C=O) groups excluding carboxylic acids is 1. The summed E-state index contributed by atoms with van der Waals surface area (Å²) in [5.74, 6) is 0.284. The minimum absolute atomic E-state index is 0.284. The van der Waals surface area contributed by atoms with Gasteiger partial charge in [0.05, 0.1) is 0 Å². The third kappa shape index (κ3) is 10.4. The Bertz CT molecular complexity index is 103. The van der Waals surface area contributed by atoms with E-state index in [1.807, 2.05) is 4.93 Å². The molecule has 0 aromatic carbocycles. The minimum atomic E-state index is 0.284. The van der Waals surface area contributed by atoms with E-state index in [4.69, 9.17) is 0 Å². The summed E-state index contributed by atoms with van der Waals surface area (Å²) in [6.45, 7) is 8.88. The van der Waals surface area contributed by atoms with Crippen LogP contribution >= 0.6 is 22.6 Å². The molecule has 0 spiro atoms. The highest BCUT2D eigenvalue weighted by atomic mass is 127. The monoisotopic (exact) mass is 285 g/mol. The third-order valence-electron chi connectivity index (χ3n) is 1.67. The van der Waals surface area contributed by atoms with Crippen molar-refractivity contribution in [2.45, 2.75) is 27.2 Å². The lowest BCUT2D eigenvalue weighted by molar-refractivity contribution is -0.117. The molecule has 0 radical (unpaired) electrons.